The van der Waals surface area contributed by atoms with Gasteiger partial charge in [-0.05, 0) is 79.8 Å². The highest BCUT2D eigenvalue weighted by Crippen LogP contribution is 2.38. The average Bonchev–Trinajstić information content (AvgIpc) is 3.17. The number of fused-ring (bicyclic) bond motifs is 1. The Labute approximate surface area is 195 Å². The second-order valence-corrected chi connectivity index (χ2v) is 8.93. The van der Waals surface area contributed by atoms with E-state index in [2.05, 4.69) is 10.6 Å². The minimum atomic E-state index is -0.322. The average molecular weight is 471 g/mol. The van der Waals surface area contributed by atoms with Gasteiger partial charge in [0.2, 0.25) is 0 Å². The van der Waals surface area contributed by atoms with Crippen molar-refractivity contribution < 1.29 is 19.1 Å². The number of hydrogen-bond donors (Lipinski definition) is 2. The van der Waals surface area contributed by atoms with Crippen LogP contribution in [0.2, 0.25) is 5.02 Å². The number of hydrogen-bond acceptors (Lipinski definition) is 5. The van der Waals surface area contributed by atoms with Crippen LogP contribution in [0, 0.1) is 0 Å². The highest BCUT2D eigenvalue weighted by molar-refractivity contribution is 7.17. The summed E-state index contributed by atoms with van der Waals surface area (Å²) in [6, 6.07) is 13.9. The van der Waals surface area contributed by atoms with Gasteiger partial charge in [-0.3, -0.25) is 9.59 Å². The molecule has 0 aliphatic heterocycles. The van der Waals surface area contributed by atoms with E-state index in [1.807, 2.05) is 0 Å². The van der Waals surface area contributed by atoms with Crippen LogP contribution in [0.15, 0.2) is 48.5 Å². The molecule has 0 bridgehead atoms. The van der Waals surface area contributed by atoms with E-state index in [1.165, 1.54) is 11.3 Å². The van der Waals surface area contributed by atoms with Crippen LogP contribution in [0.1, 0.15) is 33.6 Å². The summed E-state index contributed by atoms with van der Waals surface area (Å²) in [7, 11) is 1.59. The summed E-state index contributed by atoms with van der Waals surface area (Å²) in [5.74, 6) is 0.706. The van der Waals surface area contributed by atoms with Gasteiger partial charge in [-0.2, -0.15) is 0 Å². The minimum absolute atomic E-state index is 0.163. The number of thiophene rings is 1. The zero-order chi connectivity index (χ0) is 22.5. The maximum atomic E-state index is 13.2. The summed E-state index contributed by atoms with van der Waals surface area (Å²) in [5.41, 5.74) is 2.23. The van der Waals surface area contributed by atoms with E-state index in [0.717, 1.165) is 36.1 Å². The predicted octanol–water partition coefficient (Wildman–Crippen LogP) is 5.56. The molecular formula is C24H23ClN2O4S. The van der Waals surface area contributed by atoms with Crippen LogP contribution in [0.25, 0.3) is 0 Å². The van der Waals surface area contributed by atoms with Gasteiger partial charge in [-0.15, -0.1) is 11.3 Å². The van der Waals surface area contributed by atoms with Crippen molar-refractivity contribution in [3.63, 3.8) is 0 Å². The lowest BCUT2D eigenvalue weighted by atomic mass is 9.95. The Bertz CT molecular complexity index is 1110. The second-order valence-electron chi connectivity index (χ2n) is 7.39. The van der Waals surface area contributed by atoms with Crippen molar-refractivity contribution in [1.29, 1.82) is 0 Å². The Morgan fingerprint density at radius 2 is 1.66 bits per heavy atom. The lowest BCUT2D eigenvalue weighted by Crippen LogP contribution is -2.22. The second kappa shape index (κ2) is 10.1. The van der Waals surface area contributed by atoms with Gasteiger partial charge in [-0.25, -0.2) is 0 Å². The number of halogens is 1. The molecule has 2 aromatic carbocycles. The molecule has 166 valence electrons. The highest BCUT2D eigenvalue weighted by atomic mass is 35.5. The Morgan fingerprint density at radius 3 is 2.38 bits per heavy atom. The summed E-state index contributed by atoms with van der Waals surface area (Å²) >= 11 is 7.35. The van der Waals surface area contributed by atoms with Crippen LogP contribution in [0.5, 0.6) is 11.5 Å². The molecular weight excluding hydrogens is 448 g/mol. The van der Waals surface area contributed by atoms with Gasteiger partial charge < -0.3 is 20.1 Å². The monoisotopic (exact) mass is 470 g/mol. The molecule has 0 saturated carbocycles. The SMILES string of the molecule is COc1ccc(NC(=O)c2c(NC(=O)COc3ccc(Cl)cc3)sc3c2CCCC3)cc1. The number of nitrogens with one attached hydrogen (secondary N) is 2. The Morgan fingerprint density at radius 1 is 0.969 bits per heavy atom. The first-order valence-corrected chi connectivity index (χ1v) is 11.5. The summed E-state index contributed by atoms with van der Waals surface area (Å²) in [4.78, 5) is 26.9. The smallest absolute Gasteiger partial charge is 0.262 e. The molecule has 32 heavy (non-hydrogen) atoms. The van der Waals surface area contributed by atoms with Gasteiger partial charge >= 0.3 is 0 Å². The van der Waals surface area contributed by atoms with Gasteiger partial charge in [0.05, 0.1) is 12.7 Å². The third-order valence-electron chi connectivity index (χ3n) is 5.18. The maximum absolute atomic E-state index is 13.2. The van der Waals surface area contributed by atoms with Crippen LogP contribution in [0.4, 0.5) is 10.7 Å². The topological polar surface area (TPSA) is 76.7 Å². The molecule has 1 aliphatic rings. The Hall–Kier alpha value is -3.03. The number of carbonyl (C=O) groups is 2. The van der Waals surface area contributed by atoms with Gasteiger partial charge in [0, 0.05) is 15.6 Å². The summed E-state index contributed by atoms with van der Waals surface area (Å²) < 4.78 is 10.7. The lowest BCUT2D eigenvalue weighted by molar-refractivity contribution is -0.118. The molecule has 6 nitrogen and oxygen atoms in total. The van der Waals surface area contributed by atoms with Gasteiger partial charge in [0.25, 0.3) is 11.8 Å². The molecule has 2 amide bonds. The van der Waals surface area contributed by atoms with E-state index in [1.54, 1.807) is 55.6 Å². The lowest BCUT2D eigenvalue weighted by Gasteiger charge is -2.13. The molecule has 0 fully saturated rings. The van der Waals surface area contributed by atoms with Crippen LogP contribution in [-0.4, -0.2) is 25.5 Å². The van der Waals surface area contributed by atoms with Crippen molar-refractivity contribution in [2.45, 2.75) is 25.7 Å². The first-order chi connectivity index (χ1) is 15.5. The van der Waals surface area contributed by atoms with Crippen LogP contribution in [-0.2, 0) is 17.6 Å². The van der Waals surface area contributed by atoms with Crippen molar-refractivity contribution in [2.24, 2.45) is 0 Å². The number of methoxy groups -OCH3 is 1. The quantitative estimate of drug-likeness (QED) is 0.474. The van der Waals surface area contributed by atoms with Gasteiger partial charge in [0.15, 0.2) is 6.61 Å². The number of anilines is 2. The molecule has 1 aliphatic carbocycles. The van der Waals surface area contributed by atoms with Crippen molar-refractivity contribution in [3.8, 4) is 11.5 Å². The first kappa shape index (κ1) is 22.2. The number of carbonyl (C=O) groups excluding carboxylic acids is 2. The zero-order valence-corrected chi connectivity index (χ0v) is 19.1. The van der Waals surface area contributed by atoms with E-state index in [9.17, 15) is 9.59 Å². The van der Waals surface area contributed by atoms with Crippen molar-refractivity contribution in [1.82, 2.24) is 0 Å². The third-order valence-corrected chi connectivity index (χ3v) is 6.64. The molecule has 3 aromatic rings. The summed E-state index contributed by atoms with van der Waals surface area (Å²) in [5, 5.41) is 6.98. The molecule has 0 radical (unpaired) electrons. The van der Waals surface area contributed by atoms with E-state index in [0.29, 0.717) is 32.8 Å². The number of amides is 2. The first-order valence-electron chi connectivity index (χ1n) is 10.3. The fourth-order valence-corrected chi connectivity index (χ4v) is 5.03. The summed E-state index contributed by atoms with van der Waals surface area (Å²) in [6.45, 7) is -0.163. The standard InChI is InChI=1S/C24H23ClN2O4S/c1-30-17-12-8-16(9-13-17)26-23(29)22-19-4-2-3-5-20(19)32-24(22)27-21(28)14-31-18-10-6-15(25)7-11-18/h6-13H,2-5,14H2,1H3,(H,26,29)(H,27,28). The predicted molar refractivity (Wildman–Crippen MR) is 127 cm³/mol. The largest absolute Gasteiger partial charge is 0.497 e. The van der Waals surface area contributed by atoms with Crippen molar-refractivity contribution >= 4 is 45.4 Å². The van der Waals surface area contributed by atoms with E-state index >= 15 is 0 Å². The maximum Gasteiger partial charge on any atom is 0.262 e. The molecule has 0 unspecified atom stereocenters. The number of ether oxygens (including phenoxy) is 2. The van der Waals surface area contributed by atoms with Crippen molar-refractivity contribution in [2.75, 3.05) is 24.4 Å². The molecule has 4 rings (SSSR count). The van der Waals surface area contributed by atoms with E-state index in [4.69, 9.17) is 21.1 Å². The number of rotatable bonds is 7. The zero-order valence-electron chi connectivity index (χ0n) is 17.6. The molecule has 8 heteroatoms. The van der Waals surface area contributed by atoms with Crippen LogP contribution in [0.3, 0.4) is 0 Å². The van der Waals surface area contributed by atoms with Gasteiger partial charge in [0.1, 0.15) is 16.5 Å². The van der Waals surface area contributed by atoms with E-state index in [-0.39, 0.29) is 18.4 Å². The molecule has 0 spiro atoms. The molecule has 0 saturated heterocycles. The minimum Gasteiger partial charge on any atom is -0.497 e. The normalized spacial score (nSPS) is 12.6. The molecule has 0 atom stereocenters. The highest BCUT2D eigenvalue weighted by Gasteiger charge is 2.26. The van der Waals surface area contributed by atoms with Crippen LogP contribution < -0.4 is 20.1 Å². The van der Waals surface area contributed by atoms with Crippen LogP contribution >= 0.6 is 22.9 Å². The van der Waals surface area contributed by atoms with E-state index < -0.39 is 0 Å². The molecule has 1 aromatic heterocycles. The Balaban J connectivity index is 1.49. The molecule has 1 heterocycles. The number of aryl methyl sites for hydroxylation is 1. The fourth-order valence-electron chi connectivity index (χ4n) is 3.60. The third kappa shape index (κ3) is 5.23. The molecule has 2 N–H and O–H groups in total. The Kier molecular flexibility index (Phi) is 6.97. The van der Waals surface area contributed by atoms with Gasteiger partial charge in [-0.1, -0.05) is 11.6 Å². The fraction of sp³-hybridized carbons (Fsp3) is 0.250. The number of benzene rings is 2. The van der Waals surface area contributed by atoms with Crippen molar-refractivity contribution in [3.05, 3.63) is 69.6 Å². The summed E-state index contributed by atoms with van der Waals surface area (Å²) in [6.07, 6.45) is 3.86.